The van der Waals surface area contributed by atoms with Crippen molar-refractivity contribution in [2.45, 2.75) is 6.92 Å². The van der Waals surface area contributed by atoms with E-state index >= 15 is 0 Å². The highest BCUT2D eigenvalue weighted by Gasteiger charge is 1.66. The molecule has 1 nitrogen and oxygen atoms in total. The van der Waals surface area contributed by atoms with E-state index in [1.165, 1.54) is 6.42 Å². The van der Waals surface area contributed by atoms with E-state index in [1.54, 1.807) is 13.0 Å². The Kier molecular flexibility index (Phi) is 1.98. The van der Waals surface area contributed by atoms with Crippen LogP contribution in [0.3, 0.4) is 0 Å². The molecule has 0 rings (SSSR count). The van der Waals surface area contributed by atoms with Gasteiger partial charge in [-0.25, -0.2) is 0 Å². The Morgan fingerprint density at radius 3 is 2.25 bits per heavy atom. The van der Waals surface area contributed by atoms with Crippen molar-refractivity contribution in [2.24, 2.45) is 0 Å². The summed E-state index contributed by atoms with van der Waals surface area (Å²) in [5, 5.41) is 7.57. The lowest BCUT2D eigenvalue weighted by atomic mass is 10.6. The Morgan fingerprint density at radius 1 is 2.00 bits per heavy atom. The van der Waals surface area contributed by atoms with Gasteiger partial charge in [0.05, 0.1) is 6.92 Å². The van der Waals surface area contributed by atoms with Gasteiger partial charge in [0, 0.05) is 0 Å². The van der Waals surface area contributed by atoms with Gasteiger partial charge >= 0.3 is 0 Å². The first kappa shape index (κ1) is 3.36. The second-order valence-electron chi connectivity index (χ2n) is 0.418. The molecule has 0 fully saturated rings. The Labute approximate surface area is 25.9 Å². The molecule has 0 aromatic carbocycles. The molecule has 0 aromatic rings. The molecule has 1 heteroatoms. The van der Waals surface area contributed by atoms with E-state index in [0.717, 1.165) is 0 Å². The van der Waals surface area contributed by atoms with E-state index in [2.05, 4.69) is 0 Å². The molecule has 0 aromatic heterocycles. The predicted molar refractivity (Wildman–Crippen MR) is 15.6 cm³/mol. The van der Waals surface area contributed by atoms with E-state index in [9.17, 15) is 0 Å². The summed E-state index contributed by atoms with van der Waals surface area (Å²) < 4.78 is 0. The van der Waals surface area contributed by atoms with Crippen LogP contribution in [0.15, 0.2) is 0 Å². The molecular formula is C3H4N+. The molecule has 0 amide bonds. The lowest BCUT2D eigenvalue weighted by Gasteiger charge is -1.30. The molecule has 0 atom stereocenters. The quantitative estimate of drug-likeness (QED) is 0.374. The minimum absolute atomic E-state index is 1.43. The lowest BCUT2D eigenvalue weighted by molar-refractivity contribution is 1.46. The molecule has 0 radical (unpaired) electrons. The summed E-state index contributed by atoms with van der Waals surface area (Å²) in [6.07, 6.45) is 1.43. The lowest BCUT2D eigenvalue weighted by Crippen LogP contribution is -1.41. The fourth-order valence-electron chi connectivity index (χ4n) is 0. The second kappa shape index (κ2) is 2.36. The second-order valence-corrected chi connectivity index (χ2v) is 0.418. The molecule has 0 aliphatic carbocycles. The highest BCUT2D eigenvalue weighted by atomic mass is 14.2. The number of hydrogen-bond donors (Lipinski definition) is 0. The smallest absolute Gasteiger partial charge is 0.142 e. The van der Waals surface area contributed by atoms with Crippen molar-refractivity contribution < 1.29 is 0 Å². The van der Waals surface area contributed by atoms with Gasteiger partial charge in [-0.1, -0.05) is 0 Å². The summed E-state index contributed by atoms with van der Waals surface area (Å²) in [4.78, 5) is 0. The normalized spacial score (nSPS) is 4.00. The fraction of sp³-hybridized carbons (Fsp3) is 0.333. The molecule has 0 N–H and O–H groups in total. The minimum atomic E-state index is 1.43. The third-order valence-corrected chi connectivity index (χ3v) is 0.129. The van der Waals surface area contributed by atoms with Crippen LogP contribution < -0.4 is 0 Å². The van der Waals surface area contributed by atoms with E-state index in [-0.39, 0.29) is 0 Å². The Bertz CT molecular complexity index is 33.0. The maximum atomic E-state index is 7.57. The van der Waals surface area contributed by atoms with Gasteiger partial charge < -0.3 is 0 Å². The van der Waals surface area contributed by atoms with Gasteiger partial charge in [0.25, 0.3) is 6.07 Å². The first-order valence-corrected chi connectivity index (χ1v) is 1.09. The molecule has 0 heterocycles. The van der Waals surface area contributed by atoms with Crippen LogP contribution in [0.25, 0.3) is 0 Å². The number of nitriles is 1. The van der Waals surface area contributed by atoms with Crippen molar-refractivity contribution in [3.05, 3.63) is 6.42 Å². The third-order valence-electron chi connectivity index (χ3n) is 0.129. The molecular weight excluding hydrogens is 50.0 g/mol. The molecule has 0 aliphatic rings. The molecule has 0 aliphatic heterocycles. The molecule has 0 saturated carbocycles. The highest BCUT2D eigenvalue weighted by molar-refractivity contribution is 4.85. The first-order chi connectivity index (χ1) is 1.91. The van der Waals surface area contributed by atoms with Crippen LogP contribution in [0.4, 0.5) is 0 Å². The van der Waals surface area contributed by atoms with Crippen LogP contribution in [0.1, 0.15) is 6.92 Å². The van der Waals surface area contributed by atoms with Crippen molar-refractivity contribution in [3.63, 3.8) is 0 Å². The van der Waals surface area contributed by atoms with Crippen molar-refractivity contribution in [3.8, 4) is 6.07 Å². The molecule has 0 bridgehead atoms. The van der Waals surface area contributed by atoms with Crippen molar-refractivity contribution >= 4 is 0 Å². The van der Waals surface area contributed by atoms with Crippen LogP contribution in [-0.2, 0) is 0 Å². The summed E-state index contributed by atoms with van der Waals surface area (Å²) >= 11 is 0. The van der Waals surface area contributed by atoms with Crippen LogP contribution in [0.5, 0.6) is 0 Å². The maximum absolute atomic E-state index is 7.57. The SMILES string of the molecule is C[CH+]C#N. The predicted octanol–water partition coefficient (Wildman–Crippen LogP) is 0.734. The van der Waals surface area contributed by atoms with Crippen molar-refractivity contribution in [2.75, 3.05) is 0 Å². The monoisotopic (exact) mass is 54.0 g/mol. The molecule has 0 unspecified atom stereocenters. The molecule has 0 saturated heterocycles. The van der Waals surface area contributed by atoms with Gasteiger partial charge in [-0.05, 0) is 0 Å². The third kappa shape index (κ3) is 1.36. The van der Waals surface area contributed by atoms with Gasteiger partial charge in [-0.2, -0.15) is 0 Å². The average molecular weight is 54.1 g/mol. The topological polar surface area (TPSA) is 23.8 Å². The van der Waals surface area contributed by atoms with Gasteiger partial charge in [0.15, 0.2) is 6.42 Å². The maximum Gasteiger partial charge on any atom is 0.287 e. The van der Waals surface area contributed by atoms with Crippen LogP contribution in [0.2, 0.25) is 0 Å². The summed E-state index contributed by atoms with van der Waals surface area (Å²) in [6, 6.07) is 1.81. The summed E-state index contributed by atoms with van der Waals surface area (Å²) in [5.74, 6) is 0. The van der Waals surface area contributed by atoms with E-state index in [0.29, 0.717) is 0 Å². The Hall–Kier alpha value is -0.640. The molecule has 4 heavy (non-hydrogen) atoms. The van der Waals surface area contributed by atoms with E-state index < -0.39 is 0 Å². The van der Waals surface area contributed by atoms with Crippen LogP contribution in [0, 0.1) is 17.8 Å². The average Bonchev–Trinajstić information content (AvgIpc) is 1.37. The summed E-state index contributed by atoms with van der Waals surface area (Å²) in [7, 11) is 0. The number of rotatable bonds is 0. The van der Waals surface area contributed by atoms with Gasteiger partial charge in [-0.3, -0.25) is 0 Å². The van der Waals surface area contributed by atoms with Gasteiger partial charge in [-0.15, -0.1) is 5.26 Å². The van der Waals surface area contributed by atoms with E-state index in [1.807, 2.05) is 0 Å². The zero-order valence-electron chi connectivity index (χ0n) is 2.52. The zero-order chi connectivity index (χ0) is 3.41. The van der Waals surface area contributed by atoms with Crippen molar-refractivity contribution in [1.82, 2.24) is 0 Å². The summed E-state index contributed by atoms with van der Waals surface area (Å²) in [6.45, 7) is 1.69. The zero-order valence-corrected chi connectivity index (χ0v) is 2.52. The number of nitrogens with zero attached hydrogens (tertiary/aromatic N) is 1. The first-order valence-electron chi connectivity index (χ1n) is 1.09. The van der Waals surface area contributed by atoms with Crippen molar-refractivity contribution in [1.29, 1.82) is 5.26 Å². The highest BCUT2D eigenvalue weighted by Crippen LogP contribution is 1.55. The minimum Gasteiger partial charge on any atom is -0.142 e. The number of hydrogen-bond acceptors (Lipinski definition) is 1. The fourth-order valence-corrected chi connectivity index (χ4v) is 0. The standard InChI is InChI=1S/C3H4N/c1-2-3-4/h2H,1H3/q+1. The molecule has 0 spiro atoms. The summed E-state index contributed by atoms with van der Waals surface area (Å²) in [5.41, 5.74) is 0. The van der Waals surface area contributed by atoms with Crippen LogP contribution in [-0.4, -0.2) is 0 Å². The Morgan fingerprint density at radius 2 is 2.25 bits per heavy atom. The largest absolute Gasteiger partial charge is 0.287 e. The Balaban J connectivity index is 2.43. The van der Waals surface area contributed by atoms with E-state index in [4.69, 9.17) is 5.26 Å². The molecule has 20 valence electrons. The van der Waals surface area contributed by atoms with Gasteiger partial charge in [0.1, 0.15) is 0 Å². The van der Waals surface area contributed by atoms with Gasteiger partial charge in [0.2, 0.25) is 0 Å². The van der Waals surface area contributed by atoms with Crippen LogP contribution >= 0.6 is 0 Å².